The first-order valence-electron chi connectivity index (χ1n) is 7.31. The summed E-state index contributed by atoms with van der Waals surface area (Å²) in [5, 5.41) is 7.72. The molecule has 2 heterocycles. The Hall–Kier alpha value is -0.0800. The SMILES string of the molecule is C1CC23CC4CC5CNCC(C(C2)N4)C53C1. The molecule has 2 spiro atoms. The number of piperidine rings is 2. The Balaban J connectivity index is 1.77. The van der Waals surface area contributed by atoms with E-state index < -0.39 is 0 Å². The van der Waals surface area contributed by atoms with E-state index in [1.807, 2.05) is 0 Å². The molecule has 0 aromatic carbocycles. The molecule has 2 N–H and O–H groups in total. The summed E-state index contributed by atoms with van der Waals surface area (Å²) in [6, 6.07) is 1.75. The van der Waals surface area contributed by atoms with Crippen molar-refractivity contribution in [3.05, 3.63) is 0 Å². The van der Waals surface area contributed by atoms with Crippen molar-refractivity contribution in [2.75, 3.05) is 13.1 Å². The van der Waals surface area contributed by atoms with Crippen molar-refractivity contribution in [1.29, 1.82) is 0 Å². The van der Waals surface area contributed by atoms with Crippen LogP contribution < -0.4 is 10.6 Å². The Morgan fingerprint density at radius 2 is 2.06 bits per heavy atom. The fraction of sp³-hybridized carbons (Fsp3) is 1.00. The molecule has 0 aromatic heterocycles. The van der Waals surface area contributed by atoms with Gasteiger partial charge in [0.2, 0.25) is 0 Å². The van der Waals surface area contributed by atoms with E-state index in [4.69, 9.17) is 0 Å². The second kappa shape index (κ2) is 2.51. The van der Waals surface area contributed by atoms with Crippen molar-refractivity contribution in [2.24, 2.45) is 22.7 Å². The molecule has 88 valence electrons. The maximum absolute atomic E-state index is 3.99. The van der Waals surface area contributed by atoms with Crippen molar-refractivity contribution in [2.45, 2.75) is 50.6 Å². The van der Waals surface area contributed by atoms with E-state index in [2.05, 4.69) is 10.6 Å². The van der Waals surface area contributed by atoms with Crippen LogP contribution in [0.5, 0.6) is 0 Å². The number of rotatable bonds is 0. The minimum Gasteiger partial charge on any atom is -0.316 e. The quantitative estimate of drug-likeness (QED) is 0.644. The van der Waals surface area contributed by atoms with Gasteiger partial charge in [-0.1, -0.05) is 6.42 Å². The topological polar surface area (TPSA) is 24.1 Å². The molecule has 16 heavy (non-hydrogen) atoms. The van der Waals surface area contributed by atoms with Crippen LogP contribution in [0, 0.1) is 22.7 Å². The molecule has 3 saturated carbocycles. The van der Waals surface area contributed by atoms with Gasteiger partial charge in [0.25, 0.3) is 0 Å². The predicted octanol–water partition coefficient (Wildman–Crippen LogP) is 1.52. The lowest BCUT2D eigenvalue weighted by atomic mass is 9.50. The lowest BCUT2D eigenvalue weighted by Gasteiger charge is -2.56. The van der Waals surface area contributed by atoms with Crippen molar-refractivity contribution in [1.82, 2.24) is 10.6 Å². The molecule has 5 aliphatic rings. The highest BCUT2D eigenvalue weighted by molar-refractivity contribution is 5.25. The Bertz CT molecular complexity index is 355. The van der Waals surface area contributed by atoms with Crippen LogP contribution in [0.4, 0.5) is 0 Å². The summed E-state index contributed by atoms with van der Waals surface area (Å²) in [6.07, 6.45) is 9.18. The Labute approximate surface area is 97.6 Å². The molecule has 5 fully saturated rings. The van der Waals surface area contributed by atoms with Gasteiger partial charge >= 0.3 is 0 Å². The minimum atomic E-state index is 0.781. The smallest absolute Gasteiger partial charge is 0.0121 e. The Morgan fingerprint density at radius 1 is 1.06 bits per heavy atom. The highest BCUT2D eigenvalue weighted by atomic mass is 15.1. The van der Waals surface area contributed by atoms with E-state index in [-0.39, 0.29) is 0 Å². The van der Waals surface area contributed by atoms with Gasteiger partial charge in [-0.05, 0) is 61.3 Å². The van der Waals surface area contributed by atoms with E-state index in [1.54, 1.807) is 12.8 Å². The fourth-order valence-electron chi connectivity index (χ4n) is 7.04. The van der Waals surface area contributed by atoms with Crippen LogP contribution in [0.2, 0.25) is 0 Å². The van der Waals surface area contributed by atoms with Crippen molar-refractivity contribution >= 4 is 0 Å². The normalized spacial score (nSPS) is 66.0. The van der Waals surface area contributed by atoms with Gasteiger partial charge in [-0.15, -0.1) is 0 Å². The third-order valence-corrected chi connectivity index (χ3v) is 7.13. The van der Waals surface area contributed by atoms with Crippen LogP contribution in [0.1, 0.15) is 38.5 Å². The van der Waals surface area contributed by atoms with Crippen LogP contribution in [0.25, 0.3) is 0 Å². The molecule has 0 aromatic rings. The third-order valence-electron chi connectivity index (χ3n) is 7.13. The Morgan fingerprint density at radius 3 is 3.06 bits per heavy atom. The van der Waals surface area contributed by atoms with Crippen molar-refractivity contribution in [3.63, 3.8) is 0 Å². The van der Waals surface area contributed by atoms with Crippen LogP contribution in [-0.4, -0.2) is 25.2 Å². The van der Waals surface area contributed by atoms with Gasteiger partial charge in [-0.3, -0.25) is 0 Å². The maximum Gasteiger partial charge on any atom is 0.0121 e. The summed E-state index contributed by atoms with van der Waals surface area (Å²) < 4.78 is 0. The zero-order valence-corrected chi connectivity index (χ0v) is 9.97. The van der Waals surface area contributed by atoms with Gasteiger partial charge in [-0.2, -0.15) is 0 Å². The first-order valence-corrected chi connectivity index (χ1v) is 7.31. The first-order chi connectivity index (χ1) is 7.84. The van der Waals surface area contributed by atoms with E-state index >= 15 is 0 Å². The summed E-state index contributed by atoms with van der Waals surface area (Å²) in [6.45, 7) is 2.63. The Kier molecular flexibility index (Phi) is 1.40. The predicted molar refractivity (Wildman–Crippen MR) is 63.1 cm³/mol. The monoisotopic (exact) mass is 218 g/mol. The van der Waals surface area contributed by atoms with E-state index in [1.165, 1.54) is 38.8 Å². The molecular weight excluding hydrogens is 196 g/mol. The van der Waals surface area contributed by atoms with E-state index in [9.17, 15) is 0 Å². The molecule has 0 radical (unpaired) electrons. The molecule has 2 heteroatoms. The lowest BCUT2D eigenvalue weighted by molar-refractivity contribution is -0.0605. The molecule has 0 amide bonds. The van der Waals surface area contributed by atoms with Crippen molar-refractivity contribution in [3.8, 4) is 0 Å². The maximum atomic E-state index is 3.99. The van der Waals surface area contributed by atoms with Crippen LogP contribution in [0.3, 0.4) is 0 Å². The molecule has 2 saturated heterocycles. The molecule has 3 bridgehead atoms. The van der Waals surface area contributed by atoms with Gasteiger partial charge in [0, 0.05) is 18.6 Å². The summed E-state index contributed by atoms with van der Waals surface area (Å²) >= 11 is 0. The molecule has 2 aliphatic heterocycles. The highest BCUT2D eigenvalue weighted by Crippen LogP contribution is 2.75. The summed E-state index contributed by atoms with van der Waals surface area (Å²) in [7, 11) is 0. The van der Waals surface area contributed by atoms with Crippen LogP contribution >= 0.6 is 0 Å². The summed E-state index contributed by atoms with van der Waals surface area (Å²) in [5.41, 5.74) is 1.58. The van der Waals surface area contributed by atoms with Gasteiger partial charge in [0.15, 0.2) is 0 Å². The zero-order valence-electron chi connectivity index (χ0n) is 9.97. The number of hydrogen-bond donors (Lipinski definition) is 2. The van der Waals surface area contributed by atoms with Crippen LogP contribution in [-0.2, 0) is 0 Å². The molecule has 6 unspecified atom stereocenters. The molecular formula is C14H22N2. The minimum absolute atomic E-state index is 0.781. The molecule has 5 rings (SSSR count). The largest absolute Gasteiger partial charge is 0.316 e. The number of nitrogens with one attached hydrogen (secondary N) is 2. The summed E-state index contributed by atoms with van der Waals surface area (Å²) in [5.74, 6) is 1.98. The number of fused-ring (bicyclic) bond motifs is 3. The van der Waals surface area contributed by atoms with Crippen molar-refractivity contribution < 1.29 is 0 Å². The van der Waals surface area contributed by atoms with E-state index in [0.29, 0.717) is 0 Å². The van der Waals surface area contributed by atoms with Gasteiger partial charge < -0.3 is 10.6 Å². The third kappa shape index (κ3) is 0.717. The second-order valence-corrected chi connectivity index (χ2v) is 7.25. The van der Waals surface area contributed by atoms with Gasteiger partial charge in [0.05, 0.1) is 0 Å². The van der Waals surface area contributed by atoms with E-state index in [0.717, 1.165) is 34.7 Å². The molecule has 2 nitrogen and oxygen atoms in total. The average Bonchev–Trinajstić information content (AvgIpc) is 2.68. The average molecular weight is 218 g/mol. The zero-order chi connectivity index (χ0) is 10.4. The first kappa shape index (κ1) is 8.93. The standard InChI is InChI=1S/C14H22N2/c1-2-13-5-10-4-9-7-15-8-11(12(6-13)16-10)14(9,13)3-1/h9-12,15-16H,1-8H2. The number of hydrogen-bond acceptors (Lipinski definition) is 2. The highest BCUT2D eigenvalue weighted by Gasteiger charge is 2.73. The lowest BCUT2D eigenvalue weighted by Crippen LogP contribution is -2.57. The van der Waals surface area contributed by atoms with Gasteiger partial charge in [0.1, 0.15) is 0 Å². The molecule has 6 atom stereocenters. The van der Waals surface area contributed by atoms with Gasteiger partial charge in [-0.25, -0.2) is 0 Å². The molecule has 3 aliphatic carbocycles. The fourth-order valence-corrected chi connectivity index (χ4v) is 7.04. The van der Waals surface area contributed by atoms with Crippen LogP contribution in [0.15, 0.2) is 0 Å². The second-order valence-electron chi connectivity index (χ2n) is 7.25. The summed E-state index contributed by atoms with van der Waals surface area (Å²) in [4.78, 5) is 0.